The van der Waals surface area contributed by atoms with Gasteiger partial charge in [-0.1, -0.05) is 6.58 Å². The molecule has 0 saturated carbocycles. The van der Waals surface area contributed by atoms with Gasteiger partial charge < -0.3 is 4.74 Å². The van der Waals surface area contributed by atoms with Gasteiger partial charge in [-0.25, -0.2) is 9.69 Å². The van der Waals surface area contributed by atoms with Crippen LogP contribution in [-0.2, 0) is 19.1 Å². The van der Waals surface area contributed by atoms with E-state index in [9.17, 15) is 14.4 Å². The first-order valence-electron chi connectivity index (χ1n) is 3.77. The predicted molar refractivity (Wildman–Crippen MR) is 42.2 cm³/mol. The molecule has 5 nitrogen and oxygen atoms in total. The van der Waals surface area contributed by atoms with Crippen molar-refractivity contribution >= 4 is 17.8 Å². The van der Waals surface area contributed by atoms with Gasteiger partial charge in [-0.15, -0.1) is 0 Å². The second-order valence-corrected chi connectivity index (χ2v) is 2.51. The van der Waals surface area contributed by atoms with E-state index in [4.69, 9.17) is 0 Å². The highest BCUT2D eigenvalue weighted by Crippen LogP contribution is 2.10. The zero-order valence-electron chi connectivity index (χ0n) is 6.99. The van der Waals surface area contributed by atoms with Crippen molar-refractivity contribution in [3.63, 3.8) is 0 Å². The smallest absolute Gasteiger partial charge is 0.331 e. The second kappa shape index (κ2) is 3.84. The Morgan fingerprint density at radius 1 is 1.46 bits per heavy atom. The Kier molecular flexibility index (Phi) is 2.79. The number of rotatable bonds is 3. The SMILES string of the molecule is C=CC(=O)OCN1C(=O)CCC1=O. The standard InChI is InChI=1S/C8H9NO4/c1-2-8(12)13-5-9-6(10)3-4-7(9)11/h2H,1,3-5H2. The summed E-state index contributed by atoms with van der Waals surface area (Å²) in [6.07, 6.45) is 1.37. The molecule has 0 aromatic carbocycles. The number of ether oxygens (including phenoxy) is 1. The molecule has 0 spiro atoms. The molecule has 0 aromatic rings. The van der Waals surface area contributed by atoms with E-state index in [1.54, 1.807) is 0 Å². The lowest BCUT2D eigenvalue weighted by molar-refractivity contribution is -0.152. The van der Waals surface area contributed by atoms with Gasteiger partial charge in [0.05, 0.1) is 0 Å². The van der Waals surface area contributed by atoms with Crippen LogP contribution in [0.2, 0.25) is 0 Å². The van der Waals surface area contributed by atoms with Gasteiger partial charge in [0, 0.05) is 18.9 Å². The van der Waals surface area contributed by atoms with Gasteiger partial charge in [-0.3, -0.25) is 9.59 Å². The van der Waals surface area contributed by atoms with Gasteiger partial charge in [-0.05, 0) is 0 Å². The monoisotopic (exact) mass is 183 g/mol. The molecule has 1 aliphatic rings. The predicted octanol–water partition coefficient (Wildman–Crippen LogP) is -0.178. The zero-order chi connectivity index (χ0) is 9.84. The van der Waals surface area contributed by atoms with Gasteiger partial charge >= 0.3 is 5.97 Å². The number of hydrogen-bond donors (Lipinski definition) is 0. The lowest BCUT2D eigenvalue weighted by atomic mass is 10.4. The van der Waals surface area contributed by atoms with E-state index in [0.717, 1.165) is 11.0 Å². The number of amides is 2. The van der Waals surface area contributed by atoms with Crippen LogP contribution in [0.1, 0.15) is 12.8 Å². The van der Waals surface area contributed by atoms with Crippen LogP contribution in [-0.4, -0.2) is 29.4 Å². The molecular formula is C8H9NO4. The summed E-state index contributed by atoms with van der Waals surface area (Å²) < 4.78 is 4.54. The summed E-state index contributed by atoms with van der Waals surface area (Å²) in [6, 6.07) is 0. The normalized spacial score (nSPS) is 16.2. The van der Waals surface area contributed by atoms with Crippen molar-refractivity contribution in [3.05, 3.63) is 12.7 Å². The van der Waals surface area contributed by atoms with E-state index in [2.05, 4.69) is 11.3 Å². The second-order valence-electron chi connectivity index (χ2n) is 2.51. The topological polar surface area (TPSA) is 63.7 Å². The number of carbonyl (C=O) groups is 3. The van der Waals surface area contributed by atoms with Gasteiger partial charge in [-0.2, -0.15) is 0 Å². The van der Waals surface area contributed by atoms with Crippen LogP contribution >= 0.6 is 0 Å². The maximum atomic E-state index is 11.0. The van der Waals surface area contributed by atoms with Crippen LogP contribution in [0.25, 0.3) is 0 Å². The maximum absolute atomic E-state index is 11.0. The first kappa shape index (κ1) is 9.44. The Hall–Kier alpha value is -1.65. The number of nitrogens with zero attached hydrogens (tertiary/aromatic N) is 1. The van der Waals surface area contributed by atoms with Crippen molar-refractivity contribution < 1.29 is 19.1 Å². The molecule has 2 amide bonds. The molecule has 0 radical (unpaired) electrons. The molecule has 1 heterocycles. The molecule has 1 aliphatic heterocycles. The lowest BCUT2D eigenvalue weighted by Crippen LogP contribution is -2.32. The Morgan fingerprint density at radius 3 is 2.46 bits per heavy atom. The van der Waals surface area contributed by atoms with E-state index in [-0.39, 0.29) is 31.4 Å². The van der Waals surface area contributed by atoms with Crippen molar-refractivity contribution in [3.8, 4) is 0 Å². The summed E-state index contributed by atoms with van der Waals surface area (Å²) in [6.45, 7) is 2.88. The van der Waals surface area contributed by atoms with Crippen molar-refractivity contribution in [1.29, 1.82) is 0 Å². The van der Waals surface area contributed by atoms with Gasteiger partial charge in [0.25, 0.3) is 0 Å². The molecule has 0 unspecified atom stereocenters. The first-order chi connectivity index (χ1) is 6.15. The molecule has 0 aromatic heterocycles. The third-order valence-corrected chi connectivity index (χ3v) is 1.66. The number of hydrogen-bond acceptors (Lipinski definition) is 4. The highest BCUT2D eigenvalue weighted by atomic mass is 16.5. The molecule has 1 saturated heterocycles. The number of imide groups is 1. The summed E-state index contributed by atoms with van der Waals surface area (Å²) in [5.74, 6) is -1.25. The molecule has 1 fully saturated rings. The molecule has 0 aliphatic carbocycles. The Labute approximate surface area is 75.0 Å². The minimum atomic E-state index is -0.646. The van der Waals surface area contributed by atoms with Crippen LogP contribution in [0.15, 0.2) is 12.7 Å². The van der Waals surface area contributed by atoms with Gasteiger partial charge in [0.15, 0.2) is 6.73 Å². The third-order valence-electron chi connectivity index (χ3n) is 1.66. The number of likely N-dealkylation sites (tertiary alicyclic amines) is 1. The zero-order valence-corrected chi connectivity index (χ0v) is 6.99. The van der Waals surface area contributed by atoms with Crippen LogP contribution in [0, 0.1) is 0 Å². The quantitative estimate of drug-likeness (QED) is 0.346. The van der Waals surface area contributed by atoms with E-state index >= 15 is 0 Å². The summed E-state index contributed by atoms with van der Waals surface area (Å²) in [5, 5.41) is 0. The van der Waals surface area contributed by atoms with Crippen LogP contribution in [0.3, 0.4) is 0 Å². The van der Waals surface area contributed by atoms with E-state index < -0.39 is 5.97 Å². The molecule has 5 heteroatoms. The van der Waals surface area contributed by atoms with E-state index in [1.807, 2.05) is 0 Å². The van der Waals surface area contributed by atoms with Crippen LogP contribution < -0.4 is 0 Å². The largest absolute Gasteiger partial charge is 0.441 e. The molecule has 0 bridgehead atoms. The minimum Gasteiger partial charge on any atom is -0.441 e. The van der Waals surface area contributed by atoms with Crippen molar-refractivity contribution in [1.82, 2.24) is 4.90 Å². The highest BCUT2D eigenvalue weighted by Gasteiger charge is 2.29. The van der Waals surface area contributed by atoms with Crippen molar-refractivity contribution in [2.24, 2.45) is 0 Å². The molecule has 0 N–H and O–H groups in total. The van der Waals surface area contributed by atoms with Crippen LogP contribution in [0.5, 0.6) is 0 Å². The number of carbonyl (C=O) groups excluding carboxylic acids is 3. The minimum absolute atomic E-state index is 0.199. The fourth-order valence-corrected chi connectivity index (χ4v) is 0.954. The van der Waals surface area contributed by atoms with Crippen molar-refractivity contribution in [2.75, 3.05) is 6.73 Å². The Morgan fingerprint density at radius 2 is 2.00 bits per heavy atom. The summed E-state index contributed by atoms with van der Waals surface area (Å²) >= 11 is 0. The maximum Gasteiger partial charge on any atom is 0.331 e. The average molecular weight is 183 g/mol. The lowest BCUT2D eigenvalue weighted by Gasteiger charge is -2.12. The summed E-state index contributed by atoms with van der Waals surface area (Å²) in [5.41, 5.74) is 0. The van der Waals surface area contributed by atoms with E-state index in [1.165, 1.54) is 0 Å². The first-order valence-corrected chi connectivity index (χ1v) is 3.77. The number of esters is 1. The average Bonchev–Trinajstić information content (AvgIpc) is 2.43. The molecule has 70 valence electrons. The molecular weight excluding hydrogens is 174 g/mol. The highest BCUT2D eigenvalue weighted by molar-refractivity contribution is 6.01. The fraction of sp³-hybridized carbons (Fsp3) is 0.375. The Bertz CT molecular complexity index is 255. The van der Waals surface area contributed by atoms with Gasteiger partial charge in [0.2, 0.25) is 11.8 Å². The fourth-order valence-electron chi connectivity index (χ4n) is 0.954. The molecule has 0 atom stereocenters. The van der Waals surface area contributed by atoms with Crippen molar-refractivity contribution in [2.45, 2.75) is 12.8 Å². The third kappa shape index (κ3) is 2.14. The van der Waals surface area contributed by atoms with Gasteiger partial charge in [0.1, 0.15) is 0 Å². The van der Waals surface area contributed by atoms with Crippen LogP contribution in [0.4, 0.5) is 0 Å². The summed E-state index contributed by atoms with van der Waals surface area (Å²) in [7, 11) is 0. The summed E-state index contributed by atoms with van der Waals surface area (Å²) in [4.78, 5) is 33.5. The Balaban J connectivity index is 2.44. The molecule has 13 heavy (non-hydrogen) atoms. The van der Waals surface area contributed by atoms with E-state index in [0.29, 0.717) is 0 Å². The molecule has 1 rings (SSSR count).